The van der Waals surface area contributed by atoms with Gasteiger partial charge in [0.1, 0.15) is 5.75 Å². The van der Waals surface area contributed by atoms with E-state index in [9.17, 15) is 0 Å². The molecule has 0 fully saturated rings. The first-order chi connectivity index (χ1) is 6.27. The second-order valence-corrected chi connectivity index (χ2v) is 2.98. The fourth-order valence-corrected chi connectivity index (χ4v) is 1.20. The average molecular weight is 179 g/mol. The van der Waals surface area contributed by atoms with E-state index in [1.807, 2.05) is 24.3 Å². The summed E-state index contributed by atoms with van der Waals surface area (Å²) in [6.45, 7) is 4.13. The lowest BCUT2D eigenvalue weighted by molar-refractivity contribution is 0.282. The summed E-state index contributed by atoms with van der Waals surface area (Å²) in [5.41, 5.74) is 1.13. The Hall–Kier alpha value is -1.02. The molecule has 2 nitrogen and oxygen atoms in total. The van der Waals surface area contributed by atoms with Crippen LogP contribution in [0.15, 0.2) is 24.3 Å². The van der Waals surface area contributed by atoms with E-state index in [1.54, 1.807) is 7.11 Å². The van der Waals surface area contributed by atoms with E-state index in [-0.39, 0.29) is 12.5 Å². The minimum Gasteiger partial charge on any atom is -0.497 e. The third-order valence-corrected chi connectivity index (χ3v) is 2.06. The van der Waals surface area contributed by atoms with E-state index in [2.05, 4.69) is 6.92 Å². The van der Waals surface area contributed by atoms with Gasteiger partial charge in [0.2, 0.25) is 0 Å². The van der Waals surface area contributed by atoms with Gasteiger partial charge in [-0.25, -0.2) is 0 Å². The van der Waals surface area contributed by atoms with Crippen LogP contribution in [0.25, 0.3) is 0 Å². The quantitative estimate of drug-likeness (QED) is 0.766. The highest BCUT2D eigenvalue weighted by atomic mass is 16.5. The van der Waals surface area contributed by atoms with Gasteiger partial charge in [0, 0.05) is 6.61 Å². The van der Waals surface area contributed by atoms with Crippen molar-refractivity contribution in [3.63, 3.8) is 0 Å². The van der Waals surface area contributed by atoms with Crippen molar-refractivity contribution in [1.82, 2.24) is 0 Å². The van der Waals surface area contributed by atoms with Crippen molar-refractivity contribution < 1.29 is 9.84 Å². The molecule has 1 N–H and O–H groups in total. The largest absolute Gasteiger partial charge is 0.497 e. The zero-order chi connectivity index (χ0) is 9.68. The molecule has 0 heterocycles. The smallest absolute Gasteiger partial charge is 0.118 e. The minimum absolute atomic E-state index is 0.163. The number of benzene rings is 1. The highest BCUT2D eigenvalue weighted by Crippen LogP contribution is 2.20. The molecule has 13 heavy (non-hydrogen) atoms. The molecular formula is C11H15O2. The van der Waals surface area contributed by atoms with E-state index in [1.165, 1.54) is 0 Å². The van der Waals surface area contributed by atoms with E-state index < -0.39 is 0 Å². The Bertz CT molecular complexity index is 241. The van der Waals surface area contributed by atoms with Crippen LogP contribution >= 0.6 is 0 Å². The highest BCUT2D eigenvalue weighted by Gasteiger charge is 2.04. The summed E-state index contributed by atoms with van der Waals surface area (Å²) in [4.78, 5) is 0. The van der Waals surface area contributed by atoms with Gasteiger partial charge in [-0.05, 0) is 37.0 Å². The summed E-state index contributed by atoms with van der Waals surface area (Å²) in [7, 11) is 1.64. The summed E-state index contributed by atoms with van der Waals surface area (Å²) in [6.07, 6.45) is 0.701. The molecule has 1 atom stereocenters. The van der Waals surface area contributed by atoms with Crippen LogP contribution in [-0.2, 0) is 0 Å². The van der Waals surface area contributed by atoms with Crippen molar-refractivity contribution in [2.45, 2.75) is 12.3 Å². The second-order valence-electron chi connectivity index (χ2n) is 2.98. The first-order valence-electron chi connectivity index (χ1n) is 4.36. The number of aliphatic hydroxyl groups excluding tert-OH is 1. The van der Waals surface area contributed by atoms with Crippen molar-refractivity contribution in [2.24, 2.45) is 0 Å². The van der Waals surface area contributed by atoms with Gasteiger partial charge in [-0.1, -0.05) is 12.1 Å². The maximum absolute atomic E-state index is 8.73. The summed E-state index contributed by atoms with van der Waals surface area (Å²) in [6, 6.07) is 7.77. The fraction of sp³-hybridized carbons (Fsp3) is 0.364. The van der Waals surface area contributed by atoms with Crippen LogP contribution in [0.3, 0.4) is 0 Å². The van der Waals surface area contributed by atoms with Gasteiger partial charge in [-0.15, -0.1) is 0 Å². The standard InChI is InChI=1S/C11H15O2/c1-9(7-8-12)10-3-5-11(13-2)6-4-10/h3-6,9,12H,1,7-8H2,2H3/t9-/m0/s1. The molecule has 1 rings (SSSR count). The normalized spacial score (nSPS) is 12.5. The van der Waals surface area contributed by atoms with Crippen molar-refractivity contribution in [2.75, 3.05) is 13.7 Å². The van der Waals surface area contributed by atoms with Gasteiger partial charge in [-0.2, -0.15) is 0 Å². The third-order valence-electron chi connectivity index (χ3n) is 2.06. The van der Waals surface area contributed by atoms with E-state index in [4.69, 9.17) is 9.84 Å². The van der Waals surface area contributed by atoms with Gasteiger partial charge in [0.15, 0.2) is 0 Å². The Kier molecular flexibility index (Phi) is 3.77. The van der Waals surface area contributed by atoms with Crippen molar-refractivity contribution >= 4 is 0 Å². The van der Waals surface area contributed by atoms with Crippen LogP contribution in [0.2, 0.25) is 0 Å². The molecule has 0 aliphatic carbocycles. The molecule has 0 aromatic heterocycles. The summed E-state index contributed by atoms with van der Waals surface area (Å²) in [5, 5.41) is 8.73. The summed E-state index contributed by atoms with van der Waals surface area (Å²) >= 11 is 0. The molecule has 1 radical (unpaired) electrons. The minimum atomic E-state index is 0.163. The first kappa shape index (κ1) is 10.1. The predicted octanol–water partition coefficient (Wildman–Crippen LogP) is 2.00. The maximum Gasteiger partial charge on any atom is 0.118 e. The summed E-state index contributed by atoms with van der Waals surface area (Å²) in [5.74, 6) is 1.01. The Labute approximate surface area is 79.2 Å². The van der Waals surface area contributed by atoms with Gasteiger partial charge in [0.05, 0.1) is 7.11 Å². The number of methoxy groups -OCH3 is 1. The highest BCUT2D eigenvalue weighted by molar-refractivity contribution is 5.29. The molecule has 2 heteroatoms. The Morgan fingerprint density at radius 1 is 1.38 bits per heavy atom. The van der Waals surface area contributed by atoms with Crippen LogP contribution in [0, 0.1) is 6.92 Å². The Morgan fingerprint density at radius 2 is 2.00 bits per heavy atom. The lowest BCUT2D eigenvalue weighted by atomic mass is 9.98. The summed E-state index contributed by atoms with van der Waals surface area (Å²) < 4.78 is 5.04. The van der Waals surface area contributed by atoms with Crippen molar-refractivity contribution in [1.29, 1.82) is 0 Å². The topological polar surface area (TPSA) is 29.5 Å². The average Bonchev–Trinajstić information content (AvgIpc) is 2.18. The van der Waals surface area contributed by atoms with Crippen LogP contribution in [0.4, 0.5) is 0 Å². The molecule has 1 aromatic rings. The van der Waals surface area contributed by atoms with Crippen molar-refractivity contribution in [3.8, 4) is 5.75 Å². The van der Waals surface area contributed by atoms with Gasteiger partial charge in [0.25, 0.3) is 0 Å². The van der Waals surface area contributed by atoms with Crippen LogP contribution in [0.1, 0.15) is 17.9 Å². The van der Waals surface area contributed by atoms with Gasteiger partial charge in [-0.3, -0.25) is 0 Å². The maximum atomic E-state index is 8.73. The first-order valence-corrected chi connectivity index (χ1v) is 4.36. The molecular weight excluding hydrogens is 164 g/mol. The number of ether oxygens (including phenoxy) is 1. The zero-order valence-electron chi connectivity index (χ0n) is 7.86. The second kappa shape index (κ2) is 4.87. The fourth-order valence-electron chi connectivity index (χ4n) is 1.20. The molecule has 0 amide bonds. The molecule has 0 spiro atoms. The molecule has 0 saturated heterocycles. The van der Waals surface area contributed by atoms with Crippen LogP contribution in [0.5, 0.6) is 5.75 Å². The molecule has 1 aromatic carbocycles. The molecule has 71 valence electrons. The van der Waals surface area contributed by atoms with E-state index in [0.717, 1.165) is 11.3 Å². The number of hydrogen-bond donors (Lipinski definition) is 1. The molecule has 0 aliphatic heterocycles. The monoisotopic (exact) mass is 179 g/mol. The molecule has 0 unspecified atom stereocenters. The van der Waals surface area contributed by atoms with Crippen LogP contribution < -0.4 is 4.74 Å². The molecule has 0 aliphatic rings. The zero-order valence-corrected chi connectivity index (χ0v) is 7.86. The molecule has 0 saturated carbocycles. The van der Waals surface area contributed by atoms with E-state index >= 15 is 0 Å². The number of aliphatic hydroxyl groups is 1. The van der Waals surface area contributed by atoms with Gasteiger partial charge >= 0.3 is 0 Å². The third kappa shape index (κ3) is 2.74. The lowest BCUT2D eigenvalue weighted by Gasteiger charge is -2.10. The predicted molar refractivity (Wildman–Crippen MR) is 52.8 cm³/mol. The molecule has 0 bridgehead atoms. The Balaban J connectivity index is 2.67. The Morgan fingerprint density at radius 3 is 2.46 bits per heavy atom. The SMILES string of the molecule is [CH2][C@@H](CCO)c1ccc(OC)cc1. The van der Waals surface area contributed by atoms with Gasteiger partial charge < -0.3 is 9.84 Å². The van der Waals surface area contributed by atoms with E-state index in [0.29, 0.717) is 6.42 Å². The number of rotatable bonds is 4. The number of hydrogen-bond acceptors (Lipinski definition) is 2. The van der Waals surface area contributed by atoms with Crippen LogP contribution in [-0.4, -0.2) is 18.8 Å². The van der Waals surface area contributed by atoms with Crippen molar-refractivity contribution in [3.05, 3.63) is 36.8 Å². The lowest BCUT2D eigenvalue weighted by Crippen LogP contribution is -1.96.